The Morgan fingerprint density at radius 1 is 1.17 bits per heavy atom. The van der Waals surface area contributed by atoms with Gasteiger partial charge in [0.2, 0.25) is 10.0 Å². The van der Waals surface area contributed by atoms with Gasteiger partial charge in [0.15, 0.2) is 0 Å². The van der Waals surface area contributed by atoms with Crippen LogP contribution in [-0.2, 0) is 21.8 Å². The van der Waals surface area contributed by atoms with Crippen molar-refractivity contribution in [2.24, 2.45) is 7.05 Å². The molecule has 0 aromatic carbocycles. The maximum atomic E-state index is 12.9. The molecule has 0 saturated heterocycles. The summed E-state index contributed by atoms with van der Waals surface area (Å²) in [6.07, 6.45) is 4.98. The molecule has 1 aromatic heterocycles. The molecule has 1 heterocycles. The van der Waals surface area contributed by atoms with E-state index in [4.69, 9.17) is 4.74 Å². The van der Waals surface area contributed by atoms with Gasteiger partial charge in [-0.1, -0.05) is 26.7 Å². The number of carbonyl (C=O) groups excluding carboxylic acids is 1. The molecule has 132 valence electrons. The van der Waals surface area contributed by atoms with Gasteiger partial charge < -0.3 is 9.30 Å². The lowest BCUT2D eigenvalue weighted by atomic mass is 10.3. The van der Waals surface area contributed by atoms with Crippen LogP contribution in [0.4, 0.5) is 0 Å². The van der Waals surface area contributed by atoms with Crippen molar-refractivity contribution in [2.75, 3.05) is 19.7 Å². The number of unbranched alkanes of at least 4 members (excludes halogenated alkanes) is 2. The van der Waals surface area contributed by atoms with Crippen LogP contribution in [-0.4, -0.2) is 43.0 Å². The third-order valence-corrected chi connectivity index (χ3v) is 5.49. The van der Waals surface area contributed by atoms with Crippen molar-refractivity contribution in [3.8, 4) is 0 Å². The summed E-state index contributed by atoms with van der Waals surface area (Å²) in [4.78, 5) is 12.0. The van der Waals surface area contributed by atoms with Crippen molar-refractivity contribution < 1.29 is 17.9 Å². The summed E-state index contributed by atoms with van der Waals surface area (Å²) in [6.45, 7) is 7.05. The Labute approximate surface area is 139 Å². The Bertz CT molecular complexity index is 600. The molecule has 0 spiro atoms. The lowest BCUT2D eigenvalue weighted by Gasteiger charge is -2.21. The van der Waals surface area contributed by atoms with Gasteiger partial charge >= 0.3 is 5.97 Å². The van der Waals surface area contributed by atoms with E-state index >= 15 is 0 Å². The van der Waals surface area contributed by atoms with Crippen molar-refractivity contribution >= 4 is 16.0 Å². The minimum absolute atomic E-state index is 0.148. The van der Waals surface area contributed by atoms with E-state index in [0.29, 0.717) is 13.1 Å². The standard InChI is InChI=1S/C16H28N2O4S/c1-5-8-10-18(11-9-6-2)23(20,21)14-12-15(17(4)13-14)16(19)22-7-3/h12-13H,5-11H2,1-4H3. The summed E-state index contributed by atoms with van der Waals surface area (Å²) in [5.74, 6) is -0.509. The van der Waals surface area contributed by atoms with E-state index in [-0.39, 0.29) is 17.2 Å². The number of esters is 1. The van der Waals surface area contributed by atoms with Crippen LogP contribution in [0.1, 0.15) is 56.9 Å². The number of nitrogens with zero attached hydrogens (tertiary/aromatic N) is 2. The van der Waals surface area contributed by atoms with Gasteiger partial charge in [0.25, 0.3) is 0 Å². The van der Waals surface area contributed by atoms with Gasteiger partial charge in [-0.25, -0.2) is 13.2 Å². The number of carbonyl (C=O) groups is 1. The summed E-state index contributed by atoms with van der Waals surface area (Å²) in [6, 6.07) is 1.40. The zero-order chi connectivity index (χ0) is 17.5. The molecule has 0 aliphatic heterocycles. The summed E-state index contributed by atoms with van der Waals surface area (Å²) in [5.41, 5.74) is 0.247. The average molecular weight is 344 g/mol. The van der Waals surface area contributed by atoms with Crippen LogP contribution < -0.4 is 0 Å². The molecular formula is C16H28N2O4S. The van der Waals surface area contributed by atoms with E-state index in [0.717, 1.165) is 25.7 Å². The largest absolute Gasteiger partial charge is 0.461 e. The fourth-order valence-corrected chi connectivity index (χ4v) is 3.84. The van der Waals surface area contributed by atoms with Gasteiger partial charge in [-0.05, 0) is 25.8 Å². The molecule has 0 amide bonds. The van der Waals surface area contributed by atoms with Crippen molar-refractivity contribution in [1.82, 2.24) is 8.87 Å². The van der Waals surface area contributed by atoms with Crippen LogP contribution in [0.5, 0.6) is 0 Å². The number of hydrogen-bond donors (Lipinski definition) is 0. The van der Waals surface area contributed by atoms with Gasteiger partial charge in [-0.2, -0.15) is 4.31 Å². The summed E-state index contributed by atoms with van der Waals surface area (Å²) in [7, 11) is -1.94. The zero-order valence-electron chi connectivity index (χ0n) is 14.5. The third kappa shape index (κ3) is 5.07. The highest BCUT2D eigenvalue weighted by Gasteiger charge is 2.27. The van der Waals surface area contributed by atoms with Gasteiger partial charge in [0, 0.05) is 26.3 Å². The highest BCUT2D eigenvalue weighted by Crippen LogP contribution is 2.20. The second-order valence-electron chi connectivity index (χ2n) is 5.50. The Morgan fingerprint density at radius 3 is 2.22 bits per heavy atom. The lowest BCUT2D eigenvalue weighted by Crippen LogP contribution is -2.32. The van der Waals surface area contributed by atoms with Gasteiger partial charge in [-0.3, -0.25) is 0 Å². The Hall–Kier alpha value is -1.34. The van der Waals surface area contributed by atoms with E-state index in [9.17, 15) is 13.2 Å². The van der Waals surface area contributed by atoms with E-state index < -0.39 is 16.0 Å². The molecule has 7 heteroatoms. The van der Waals surface area contributed by atoms with Gasteiger partial charge in [0.05, 0.1) is 6.61 Å². The SMILES string of the molecule is CCCCN(CCCC)S(=O)(=O)c1cc(C(=O)OCC)n(C)c1. The Kier molecular flexibility index (Phi) is 7.78. The summed E-state index contributed by atoms with van der Waals surface area (Å²) < 4.78 is 33.7. The molecule has 0 N–H and O–H groups in total. The first-order valence-electron chi connectivity index (χ1n) is 8.22. The molecule has 6 nitrogen and oxygen atoms in total. The second kappa shape index (κ2) is 9.08. The predicted molar refractivity (Wildman–Crippen MR) is 89.9 cm³/mol. The maximum absolute atomic E-state index is 12.9. The smallest absolute Gasteiger partial charge is 0.354 e. The first-order valence-corrected chi connectivity index (χ1v) is 9.66. The Morgan fingerprint density at radius 2 is 1.74 bits per heavy atom. The zero-order valence-corrected chi connectivity index (χ0v) is 15.4. The molecule has 0 radical (unpaired) electrons. The van der Waals surface area contributed by atoms with Crippen LogP contribution >= 0.6 is 0 Å². The van der Waals surface area contributed by atoms with Crippen LogP contribution in [0.2, 0.25) is 0 Å². The van der Waals surface area contributed by atoms with Crippen molar-refractivity contribution in [1.29, 1.82) is 0 Å². The summed E-state index contributed by atoms with van der Waals surface area (Å²) >= 11 is 0. The topological polar surface area (TPSA) is 68.6 Å². The van der Waals surface area contributed by atoms with Crippen molar-refractivity contribution in [3.05, 3.63) is 18.0 Å². The maximum Gasteiger partial charge on any atom is 0.354 e. The van der Waals surface area contributed by atoms with Crippen LogP contribution in [0.25, 0.3) is 0 Å². The molecule has 23 heavy (non-hydrogen) atoms. The average Bonchev–Trinajstić information content (AvgIpc) is 2.90. The molecular weight excluding hydrogens is 316 g/mol. The van der Waals surface area contributed by atoms with Crippen LogP contribution in [0.15, 0.2) is 17.2 Å². The molecule has 0 fully saturated rings. The molecule has 1 rings (SSSR count). The summed E-state index contributed by atoms with van der Waals surface area (Å²) in [5, 5.41) is 0. The van der Waals surface area contributed by atoms with E-state index in [1.165, 1.54) is 21.1 Å². The normalized spacial score (nSPS) is 11.9. The van der Waals surface area contributed by atoms with Crippen LogP contribution in [0, 0.1) is 0 Å². The fourth-order valence-electron chi connectivity index (χ4n) is 2.25. The molecule has 0 atom stereocenters. The highest BCUT2D eigenvalue weighted by atomic mass is 32.2. The van der Waals surface area contributed by atoms with E-state index in [1.807, 2.05) is 13.8 Å². The van der Waals surface area contributed by atoms with Crippen LogP contribution in [0.3, 0.4) is 0 Å². The molecule has 1 aromatic rings. The van der Waals surface area contributed by atoms with Crippen molar-refractivity contribution in [3.63, 3.8) is 0 Å². The Balaban J connectivity index is 3.08. The first-order chi connectivity index (χ1) is 10.9. The number of rotatable bonds is 10. The minimum Gasteiger partial charge on any atom is -0.461 e. The van der Waals surface area contributed by atoms with E-state index in [2.05, 4.69) is 0 Å². The van der Waals surface area contributed by atoms with Crippen molar-refractivity contribution in [2.45, 2.75) is 51.3 Å². The minimum atomic E-state index is -3.59. The molecule has 0 unspecified atom stereocenters. The number of sulfonamides is 1. The fraction of sp³-hybridized carbons (Fsp3) is 0.688. The van der Waals surface area contributed by atoms with E-state index in [1.54, 1.807) is 14.0 Å². The van der Waals surface area contributed by atoms with Gasteiger partial charge in [-0.15, -0.1) is 0 Å². The predicted octanol–water partition coefficient (Wildman–Crippen LogP) is 2.79. The highest BCUT2D eigenvalue weighted by molar-refractivity contribution is 7.89. The van der Waals surface area contributed by atoms with Gasteiger partial charge in [0.1, 0.15) is 10.6 Å². The molecule has 0 saturated carbocycles. The third-order valence-electron chi connectivity index (χ3n) is 3.62. The lowest BCUT2D eigenvalue weighted by molar-refractivity contribution is 0.0515. The number of hydrogen-bond acceptors (Lipinski definition) is 4. The second-order valence-corrected chi connectivity index (χ2v) is 7.44. The quantitative estimate of drug-likeness (QED) is 0.612. The number of aryl methyl sites for hydroxylation is 1. The number of aromatic nitrogens is 1. The molecule has 0 aliphatic rings. The number of ether oxygens (including phenoxy) is 1. The first kappa shape index (κ1) is 19.7. The molecule has 0 aliphatic carbocycles. The molecule has 0 bridgehead atoms. The monoisotopic (exact) mass is 344 g/mol.